The SMILES string of the molecule is CN(C)c1ccc2ccnc(NCCCN)c2c1. The fourth-order valence-corrected chi connectivity index (χ4v) is 1.88. The maximum atomic E-state index is 5.50. The van der Waals surface area contributed by atoms with E-state index in [9.17, 15) is 0 Å². The summed E-state index contributed by atoms with van der Waals surface area (Å²) >= 11 is 0. The number of nitrogens with one attached hydrogen (secondary N) is 1. The lowest BCUT2D eigenvalue weighted by molar-refractivity contribution is 0.871. The molecule has 0 aliphatic heterocycles. The molecule has 0 saturated heterocycles. The second kappa shape index (κ2) is 5.69. The van der Waals surface area contributed by atoms with Crippen molar-refractivity contribution in [3.8, 4) is 0 Å². The first-order chi connectivity index (χ1) is 8.72. The van der Waals surface area contributed by atoms with Crippen LogP contribution < -0.4 is 16.0 Å². The van der Waals surface area contributed by atoms with Crippen molar-refractivity contribution in [2.75, 3.05) is 37.4 Å². The summed E-state index contributed by atoms with van der Waals surface area (Å²) in [4.78, 5) is 6.50. The molecule has 0 saturated carbocycles. The van der Waals surface area contributed by atoms with Crippen LogP contribution in [0.15, 0.2) is 30.5 Å². The van der Waals surface area contributed by atoms with E-state index in [1.54, 1.807) is 0 Å². The Hall–Kier alpha value is -1.81. The van der Waals surface area contributed by atoms with E-state index >= 15 is 0 Å². The summed E-state index contributed by atoms with van der Waals surface area (Å²) in [5.41, 5.74) is 6.68. The van der Waals surface area contributed by atoms with Gasteiger partial charge in [-0.25, -0.2) is 4.98 Å². The van der Waals surface area contributed by atoms with Gasteiger partial charge in [-0.05, 0) is 36.6 Å². The third-order valence-electron chi connectivity index (χ3n) is 2.94. The van der Waals surface area contributed by atoms with Gasteiger partial charge in [0.1, 0.15) is 5.82 Å². The number of nitrogens with zero attached hydrogens (tertiary/aromatic N) is 2. The first-order valence-corrected chi connectivity index (χ1v) is 6.22. The van der Waals surface area contributed by atoms with Crippen LogP contribution in [0.3, 0.4) is 0 Å². The zero-order valence-corrected chi connectivity index (χ0v) is 11.0. The van der Waals surface area contributed by atoms with Crippen LogP contribution in [-0.4, -0.2) is 32.2 Å². The molecule has 0 unspecified atom stereocenters. The van der Waals surface area contributed by atoms with Gasteiger partial charge in [0.25, 0.3) is 0 Å². The topological polar surface area (TPSA) is 54.2 Å². The normalized spacial score (nSPS) is 10.6. The lowest BCUT2D eigenvalue weighted by Gasteiger charge is -2.14. The van der Waals surface area contributed by atoms with Crippen molar-refractivity contribution < 1.29 is 0 Å². The monoisotopic (exact) mass is 244 g/mol. The lowest BCUT2D eigenvalue weighted by Crippen LogP contribution is -2.10. The Morgan fingerprint density at radius 3 is 2.83 bits per heavy atom. The van der Waals surface area contributed by atoms with Crippen LogP contribution in [-0.2, 0) is 0 Å². The number of benzene rings is 1. The maximum absolute atomic E-state index is 5.50. The Bertz CT molecular complexity index is 522. The van der Waals surface area contributed by atoms with Crippen LogP contribution >= 0.6 is 0 Å². The summed E-state index contributed by atoms with van der Waals surface area (Å²) < 4.78 is 0. The van der Waals surface area contributed by atoms with E-state index in [2.05, 4.69) is 33.4 Å². The van der Waals surface area contributed by atoms with E-state index in [1.165, 1.54) is 11.1 Å². The van der Waals surface area contributed by atoms with Crippen molar-refractivity contribution in [2.24, 2.45) is 5.73 Å². The fraction of sp³-hybridized carbons (Fsp3) is 0.357. The molecule has 0 aliphatic rings. The summed E-state index contributed by atoms with van der Waals surface area (Å²) in [6.45, 7) is 1.55. The second-order valence-electron chi connectivity index (χ2n) is 4.53. The predicted octanol–water partition coefficient (Wildman–Crippen LogP) is 2.06. The van der Waals surface area contributed by atoms with Crippen LogP contribution in [0, 0.1) is 0 Å². The highest BCUT2D eigenvalue weighted by Gasteiger charge is 2.04. The van der Waals surface area contributed by atoms with Gasteiger partial charge >= 0.3 is 0 Å². The minimum atomic E-state index is 0.695. The predicted molar refractivity (Wildman–Crippen MR) is 78.2 cm³/mol. The molecule has 4 heteroatoms. The smallest absolute Gasteiger partial charge is 0.133 e. The Labute approximate surface area is 108 Å². The van der Waals surface area contributed by atoms with E-state index in [0.29, 0.717) is 6.54 Å². The van der Waals surface area contributed by atoms with Gasteiger partial charge in [0, 0.05) is 37.9 Å². The molecule has 0 aliphatic carbocycles. The van der Waals surface area contributed by atoms with E-state index in [1.807, 2.05) is 26.4 Å². The molecule has 2 rings (SSSR count). The number of rotatable bonds is 5. The van der Waals surface area contributed by atoms with Crippen LogP contribution in [0.25, 0.3) is 10.8 Å². The molecule has 0 radical (unpaired) electrons. The summed E-state index contributed by atoms with van der Waals surface area (Å²) in [6, 6.07) is 8.43. The molecule has 96 valence electrons. The third-order valence-corrected chi connectivity index (χ3v) is 2.94. The number of pyridine rings is 1. The van der Waals surface area contributed by atoms with Gasteiger partial charge in [-0.1, -0.05) is 6.07 Å². The number of hydrogen-bond acceptors (Lipinski definition) is 4. The Morgan fingerprint density at radius 1 is 1.28 bits per heavy atom. The summed E-state index contributed by atoms with van der Waals surface area (Å²) in [7, 11) is 4.08. The summed E-state index contributed by atoms with van der Waals surface area (Å²) in [5.74, 6) is 0.935. The zero-order chi connectivity index (χ0) is 13.0. The number of hydrogen-bond donors (Lipinski definition) is 2. The van der Waals surface area contributed by atoms with Gasteiger partial charge < -0.3 is 16.0 Å². The van der Waals surface area contributed by atoms with Crippen molar-refractivity contribution >= 4 is 22.3 Å². The molecule has 3 N–H and O–H groups in total. The lowest BCUT2D eigenvalue weighted by atomic mass is 10.1. The number of anilines is 2. The van der Waals surface area contributed by atoms with Gasteiger partial charge in [-0.3, -0.25) is 0 Å². The third kappa shape index (κ3) is 2.71. The number of fused-ring (bicyclic) bond motifs is 1. The molecule has 1 heterocycles. The first kappa shape index (κ1) is 12.6. The minimum absolute atomic E-state index is 0.695. The Kier molecular flexibility index (Phi) is 3.99. The van der Waals surface area contributed by atoms with Gasteiger partial charge in [-0.15, -0.1) is 0 Å². The van der Waals surface area contributed by atoms with Gasteiger partial charge in [-0.2, -0.15) is 0 Å². The molecule has 4 nitrogen and oxygen atoms in total. The van der Waals surface area contributed by atoms with Crippen LogP contribution in [0.1, 0.15) is 6.42 Å². The largest absolute Gasteiger partial charge is 0.378 e. The summed E-state index contributed by atoms with van der Waals surface area (Å²) in [6.07, 6.45) is 2.79. The van der Waals surface area contributed by atoms with Crippen LogP contribution in [0.5, 0.6) is 0 Å². The van der Waals surface area contributed by atoms with E-state index in [-0.39, 0.29) is 0 Å². The van der Waals surface area contributed by atoms with Crippen molar-refractivity contribution in [2.45, 2.75) is 6.42 Å². The molecule has 1 aromatic heterocycles. The molecule has 0 fully saturated rings. The van der Waals surface area contributed by atoms with Crippen molar-refractivity contribution in [3.63, 3.8) is 0 Å². The molecule has 0 spiro atoms. The highest BCUT2D eigenvalue weighted by atomic mass is 15.1. The highest BCUT2D eigenvalue weighted by molar-refractivity contribution is 5.94. The number of nitrogens with two attached hydrogens (primary N) is 1. The molecule has 1 aromatic carbocycles. The quantitative estimate of drug-likeness (QED) is 0.791. The average molecular weight is 244 g/mol. The van der Waals surface area contributed by atoms with Gasteiger partial charge in [0.15, 0.2) is 0 Å². The van der Waals surface area contributed by atoms with Crippen molar-refractivity contribution in [1.82, 2.24) is 4.98 Å². The van der Waals surface area contributed by atoms with Crippen LogP contribution in [0.2, 0.25) is 0 Å². The first-order valence-electron chi connectivity index (χ1n) is 6.22. The molecule has 0 amide bonds. The van der Waals surface area contributed by atoms with E-state index in [0.717, 1.165) is 24.2 Å². The fourth-order valence-electron chi connectivity index (χ4n) is 1.88. The molecular weight excluding hydrogens is 224 g/mol. The maximum Gasteiger partial charge on any atom is 0.133 e. The number of aromatic nitrogens is 1. The summed E-state index contributed by atoms with van der Waals surface area (Å²) in [5, 5.41) is 5.70. The molecular formula is C14H20N4. The molecule has 18 heavy (non-hydrogen) atoms. The molecule has 0 bridgehead atoms. The zero-order valence-electron chi connectivity index (χ0n) is 11.0. The van der Waals surface area contributed by atoms with Crippen molar-refractivity contribution in [3.05, 3.63) is 30.5 Å². The second-order valence-corrected chi connectivity index (χ2v) is 4.53. The van der Waals surface area contributed by atoms with Gasteiger partial charge in [0.2, 0.25) is 0 Å². The van der Waals surface area contributed by atoms with Gasteiger partial charge in [0.05, 0.1) is 0 Å². The van der Waals surface area contributed by atoms with Crippen molar-refractivity contribution in [1.29, 1.82) is 0 Å². The van der Waals surface area contributed by atoms with E-state index in [4.69, 9.17) is 5.73 Å². The average Bonchev–Trinajstić information content (AvgIpc) is 2.38. The molecule has 0 atom stereocenters. The minimum Gasteiger partial charge on any atom is -0.378 e. The van der Waals surface area contributed by atoms with Crippen LogP contribution in [0.4, 0.5) is 11.5 Å². The van der Waals surface area contributed by atoms with E-state index < -0.39 is 0 Å². The Balaban J connectivity index is 2.36. The molecule has 2 aromatic rings. The highest BCUT2D eigenvalue weighted by Crippen LogP contribution is 2.25. The standard InChI is InChI=1S/C14H20N4/c1-18(2)12-5-4-11-6-9-17-14(13(11)10-12)16-8-3-7-15/h4-6,9-10H,3,7-8,15H2,1-2H3,(H,16,17). The Morgan fingerprint density at radius 2 is 2.11 bits per heavy atom.